The summed E-state index contributed by atoms with van der Waals surface area (Å²) in [6.45, 7) is 4.12. The molecule has 0 saturated heterocycles. The Labute approximate surface area is 61.9 Å². The third-order valence-electron chi connectivity index (χ3n) is 1.82. The summed E-state index contributed by atoms with van der Waals surface area (Å²) in [6.07, 6.45) is 0.892. The summed E-state index contributed by atoms with van der Waals surface area (Å²) in [5, 5.41) is 4.68. The van der Waals surface area contributed by atoms with E-state index in [0.29, 0.717) is 5.92 Å². The van der Waals surface area contributed by atoms with Gasteiger partial charge in [-0.25, -0.2) is 0 Å². The van der Waals surface area contributed by atoms with Crippen LogP contribution in [0, 0.1) is 11.4 Å². The molecule has 0 amide bonds. The van der Waals surface area contributed by atoms with Crippen molar-refractivity contribution in [3.63, 3.8) is 0 Å². The van der Waals surface area contributed by atoms with Gasteiger partial charge in [0.1, 0.15) is 0 Å². The topological polar surface area (TPSA) is 65.5 Å². The Hall–Kier alpha value is -0.640. The van der Waals surface area contributed by atoms with Gasteiger partial charge >= 0.3 is 0 Å². The Morgan fingerprint density at radius 3 is 2.50 bits per heavy atom. The van der Waals surface area contributed by atoms with Crippen LogP contribution in [0.25, 0.3) is 0 Å². The lowest BCUT2D eigenvalue weighted by atomic mass is 10.1. The van der Waals surface area contributed by atoms with Gasteiger partial charge in [0.2, 0.25) is 0 Å². The lowest BCUT2D eigenvalue weighted by molar-refractivity contribution is 0.175. The van der Waals surface area contributed by atoms with Crippen LogP contribution in [0.3, 0.4) is 0 Å². The summed E-state index contributed by atoms with van der Waals surface area (Å²) >= 11 is 0. The van der Waals surface area contributed by atoms with Gasteiger partial charge in [0.15, 0.2) is 0 Å². The molecular weight excluding hydrogens is 128 g/mol. The highest BCUT2D eigenvalue weighted by Gasteiger charge is 2.13. The van der Waals surface area contributed by atoms with Crippen LogP contribution in [-0.2, 0) is 0 Å². The molecular formula is C6H16N4. The average molecular weight is 144 g/mol. The van der Waals surface area contributed by atoms with Crippen LogP contribution in [0.1, 0.15) is 20.3 Å². The molecule has 10 heavy (non-hydrogen) atoms. The first-order valence-electron chi connectivity index (χ1n) is 3.49. The monoisotopic (exact) mass is 144 g/mol. The Balaban J connectivity index is 3.80. The van der Waals surface area contributed by atoms with Crippen molar-refractivity contribution in [3.8, 4) is 0 Å². The molecule has 0 aromatic heterocycles. The summed E-state index contributed by atoms with van der Waals surface area (Å²) in [7, 11) is 1.71. The molecule has 3 N–H and O–H groups in total. The van der Waals surface area contributed by atoms with Crippen LogP contribution in [0.4, 0.5) is 0 Å². The minimum atomic E-state index is -0.123. The fourth-order valence-electron chi connectivity index (χ4n) is 0.676. The van der Waals surface area contributed by atoms with E-state index in [0.717, 1.165) is 6.42 Å². The van der Waals surface area contributed by atoms with E-state index >= 15 is 0 Å². The third kappa shape index (κ3) is 2.31. The molecule has 4 nitrogen and oxygen atoms in total. The van der Waals surface area contributed by atoms with Gasteiger partial charge in [-0.1, -0.05) is 25.5 Å². The Morgan fingerprint density at radius 2 is 2.20 bits per heavy atom. The van der Waals surface area contributed by atoms with Crippen LogP contribution < -0.4 is 5.73 Å². The number of hydrogen-bond acceptors (Lipinski definition) is 3. The van der Waals surface area contributed by atoms with E-state index in [1.54, 1.807) is 7.05 Å². The number of nitrogens with two attached hydrogens (primary N) is 1. The molecule has 0 aromatic rings. The molecule has 4 heteroatoms. The standard InChI is InChI=1S/C6H16N4/c1-4-5(2)6(7)10(3)9-8/h5-6,8H,4,7H2,1-3H3/t5-,6?/m0/s1. The highest BCUT2D eigenvalue weighted by atomic mass is 15.5. The molecule has 0 saturated carbocycles. The highest BCUT2D eigenvalue weighted by molar-refractivity contribution is 4.63. The molecule has 0 spiro atoms. The molecule has 0 aliphatic carbocycles. The van der Waals surface area contributed by atoms with E-state index in [4.69, 9.17) is 11.3 Å². The SMILES string of the molecule is CC[C@H](C)C(N)N(C)N=N. The first-order chi connectivity index (χ1) is 4.63. The van der Waals surface area contributed by atoms with Crippen molar-refractivity contribution < 1.29 is 0 Å². The zero-order chi connectivity index (χ0) is 8.15. The van der Waals surface area contributed by atoms with Crippen molar-refractivity contribution in [2.24, 2.45) is 16.9 Å². The summed E-state index contributed by atoms with van der Waals surface area (Å²) in [4.78, 5) is 0. The lowest BCUT2D eigenvalue weighted by Gasteiger charge is -2.24. The molecule has 0 fully saturated rings. The van der Waals surface area contributed by atoms with Crippen LogP contribution in [0.5, 0.6) is 0 Å². The minimum absolute atomic E-state index is 0.123. The molecule has 0 heterocycles. The summed E-state index contributed by atoms with van der Waals surface area (Å²) in [6, 6.07) is 0. The predicted octanol–water partition coefficient (Wildman–Crippen LogP) is 1.20. The first-order valence-corrected chi connectivity index (χ1v) is 3.49. The van der Waals surface area contributed by atoms with E-state index in [1.165, 1.54) is 5.01 Å². The lowest BCUT2D eigenvalue weighted by Crippen LogP contribution is -2.40. The average Bonchev–Trinajstić information content (AvgIpc) is 2.00. The van der Waals surface area contributed by atoms with Crippen molar-refractivity contribution >= 4 is 0 Å². The van der Waals surface area contributed by atoms with Crippen molar-refractivity contribution in [2.75, 3.05) is 7.05 Å². The number of rotatable bonds is 4. The van der Waals surface area contributed by atoms with E-state index in [1.807, 2.05) is 6.92 Å². The normalized spacial score (nSPS) is 16.0. The van der Waals surface area contributed by atoms with E-state index in [9.17, 15) is 0 Å². The second-order valence-electron chi connectivity index (χ2n) is 2.55. The van der Waals surface area contributed by atoms with Crippen LogP contribution in [0.2, 0.25) is 0 Å². The van der Waals surface area contributed by atoms with Gasteiger partial charge in [-0.3, -0.25) is 5.01 Å². The maximum absolute atomic E-state index is 6.68. The molecule has 0 rings (SSSR count). The first kappa shape index (κ1) is 9.36. The fourth-order valence-corrected chi connectivity index (χ4v) is 0.676. The van der Waals surface area contributed by atoms with Crippen LogP contribution in [0.15, 0.2) is 5.22 Å². The number of nitrogens with one attached hydrogen (secondary N) is 1. The smallest absolute Gasteiger partial charge is 0.0978 e. The Kier molecular flexibility index (Phi) is 3.95. The van der Waals surface area contributed by atoms with Crippen molar-refractivity contribution in [1.82, 2.24) is 5.01 Å². The molecule has 0 aliphatic rings. The largest absolute Gasteiger partial charge is 0.310 e. The zero-order valence-corrected chi connectivity index (χ0v) is 6.83. The van der Waals surface area contributed by atoms with E-state index < -0.39 is 0 Å². The second kappa shape index (κ2) is 4.22. The number of nitrogens with zero attached hydrogens (tertiary/aromatic N) is 2. The fraction of sp³-hybridized carbons (Fsp3) is 1.00. The molecule has 2 atom stereocenters. The van der Waals surface area contributed by atoms with Gasteiger partial charge in [-0.2, -0.15) is 5.53 Å². The minimum Gasteiger partial charge on any atom is -0.310 e. The van der Waals surface area contributed by atoms with Gasteiger partial charge in [0.25, 0.3) is 0 Å². The predicted molar refractivity (Wildman–Crippen MR) is 40.3 cm³/mol. The van der Waals surface area contributed by atoms with Crippen molar-refractivity contribution in [3.05, 3.63) is 0 Å². The Bertz CT molecular complexity index is 104. The highest BCUT2D eigenvalue weighted by Crippen LogP contribution is 2.07. The maximum atomic E-state index is 6.68. The van der Waals surface area contributed by atoms with Crippen molar-refractivity contribution in [1.29, 1.82) is 5.53 Å². The number of hydrogen-bond donors (Lipinski definition) is 2. The molecule has 1 unspecified atom stereocenters. The summed E-state index contributed by atoms with van der Waals surface area (Å²) < 4.78 is 0. The van der Waals surface area contributed by atoms with E-state index in [-0.39, 0.29) is 6.17 Å². The molecule has 0 radical (unpaired) electrons. The van der Waals surface area contributed by atoms with Gasteiger partial charge in [-0.15, -0.1) is 0 Å². The molecule has 0 aromatic carbocycles. The Morgan fingerprint density at radius 1 is 1.70 bits per heavy atom. The second-order valence-corrected chi connectivity index (χ2v) is 2.55. The van der Waals surface area contributed by atoms with Gasteiger partial charge in [-0.05, 0) is 5.92 Å². The van der Waals surface area contributed by atoms with Crippen LogP contribution >= 0.6 is 0 Å². The van der Waals surface area contributed by atoms with Crippen LogP contribution in [-0.4, -0.2) is 18.2 Å². The van der Waals surface area contributed by atoms with E-state index in [2.05, 4.69) is 12.1 Å². The summed E-state index contributed by atoms with van der Waals surface area (Å²) in [5.74, 6) is 0.388. The molecule has 0 bridgehead atoms. The quantitative estimate of drug-likeness (QED) is 0.353. The molecule has 60 valence electrons. The van der Waals surface area contributed by atoms with Gasteiger partial charge in [0.05, 0.1) is 6.17 Å². The summed E-state index contributed by atoms with van der Waals surface area (Å²) in [5.41, 5.74) is 12.4. The zero-order valence-electron chi connectivity index (χ0n) is 6.83. The third-order valence-corrected chi connectivity index (χ3v) is 1.82. The van der Waals surface area contributed by atoms with Gasteiger partial charge < -0.3 is 5.73 Å². The maximum Gasteiger partial charge on any atom is 0.0978 e. The van der Waals surface area contributed by atoms with Crippen molar-refractivity contribution in [2.45, 2.75) is 26.4 Å². The van der Waals surface area contributed by atoms with Gasteiger partial charge in [0, 0.05) is 7.05 Å². The molecule has 0 aliphatic heterocycles.